The largest absolute Gasteiger partial charge is 0.378 e. The van der Waals surface area contributed by atoms with E-state index in [2.05, 4.69) is 55.8 Å². The number of rotatable bonds is 3. The predicted molar refractivity (Wildman–Crippen MR) is 105 cm³/mol. The van der Waals surface area contributed by atoms with Gasteiger partial charge in [0, 0.05) is 22.3 Å². The standard InChI is InChI=1S/C20H18BrN5/c1-13-20-17-7-4-15(21)12-18(17)19(9-11-26(20)25-24-13)23-16-5-2-14(3-6-16)8-10-22/h2-7,12,19,23H,8-9,11H2,1H3. The van der Waals surface area contributed by atoms with Crippen LogP contribution in [0.2, 0.25) is 0 Å². The summed E-state index contributed by atoms with van der Waals surface area (Å²) in [5, 5.41) is 21.0. The van der Waals surface area contributed by atoms with Crippen molar-refractivity contribution < 1.29 is 0 Å². The van der Waals surface area contributed by atoms with E-state index in [0.717, 1.165) is 40.1 Å². The molecule has 1 aromatic heterocycles. The molecule has 0 aliphatic carbocycles. The molecule has 0 saturated heterocycles. The molecule has 3 aromatic rings. The molecule has 2 aromatic carbocycles. The van der Waals surface area contributed by atoms with E-state index in [1.54, 1.807) is 0 Å². The van der Waals surface area contributed by atoms with Crippen molar-refractivity contribution >= 4 is 21.6 Å². The van der Waals surface area contributed by atoms with E-state index >= 15 is 0 Å². The van der Waals surface area contributed by atoms with Crippen LogP contribution in [-0.4, -0.2) is 15.0 Å². The Morgan fingerprint density at radius 2 is 2.08 bits per heavy atom. The van der Waals surface area contributed by atoms with E-state index in [1.165, 1.54) is 11.1 Å². The van der Waals surface area contributed by atoms with Crippen molar-refractivity contribution in [3.63, 3.8) is 0 Å². The van der Waals surface area contributed by atoms with Gasteiger partial charge in [0.1, 0.15) is 0 Å². The summed E-state index contributed by atoms with van der Waals surface area (Å²) >= 11 is 3.61. The van der Waals surface area contributed by atoms with Gasteiger partial charge in [0.25, 0.3) is 0 Å². The fourth-order valence-corrected chi connectivity index (χ4v) is 3.87. The number of hydrogen-bond acceptors (Lipinski definition) is 4. The molecule has 0 bridgehead atoms. The number of aromatic nitrogens is 3. The molecule has 4 rings (SSSR count). The van der Waals surface area contributed by atoms with Crippen molar-refractivity contribution in [3.05, 3.63) is 63.8 Å². The van der Waals surface area contributed by atoms with Crippen LogP contribution in [0.1, 0.15) is 29.3 Å². The van der Waals surface area contributed by atoms with Crippen LogP contribution < -0.4 is 5.32 Å². The lowest BCUT2D eigenvalue weighted by Crippen LogP contribution is -2.12. The normalized spacial score (nSPS) is 15.5. The molecule has 2 heterocycles. The maximum absolute atomic E-state index is 8.82. The summed E-state index contributed by atoms with van der Waals surface area (Å²) in [5.41, 5.74) is 6.55. The van der Waals surface area contributed by atoms with Gasteiger partial charge in [0.15, 0.2) is 0 Å². The highest BCUT2D eigenvalue weighted by Crippen LogP contribution is 2.38. The summed E-state index contributed by atoms with van der Waals surface area (Å²) in [6.45, 7) is 2.82. The first-order chi connectivity index (χ1) is 12.7. The van der Waals surface area contributed by atoms with Crippen LogP contribution >= 0.6 is 15.9 Å². The Kier molecular flexibility index (Phi) is 4.48. The van der Waals surface area contributed by atoms with Crippen LogP contribution in [0, 0.1) is 18.3 Å². The molecule has 0 saturated carbocycles. The van der Waals surface area contributed by atoms with Crippen molar-refractivity contribution in [2.45, 2.75) is 32.4 Å². The van der Waals surface area contributed by atoms with E-state index in [-0.39, 0.29) is 6.04 Å². The molecule has 0 amide bonds. The Labute approximate surface area is 160 Å². The lowest BCUT2D eigenvalue weighted by Gasteiger charge is -2.21. The molecule has 1 aliphatic rings. The van der Waals surface area contributed by atoms with Crippen LogP contribution in [0.25, 0.3) is 11.3 Å². The summed E-state index contributed by atoms with van der Waals surface area (Å²) in [6, 6.07) is 16.8. The lowest BCUT2D eigenvalue weighted by molar-refractivity contribution is 0.539. The van der Waals surface area contributed by atoms with Gasteiger partial charge in [-0.2, -0.15) is 5.26 Å². The van der Waals surface area contributed by atoms with Crippen LogP contribution in [0.3, 0.4) is 0 Å². The van der Waals surface area contributed by atoms with Gasteiger partial charge in [-0.15, -0.1) is 5.10 Å². The number of nitrogens with zero attached hydrogens (tertiary/aromatic N) is 4. The van der Waals surface area contributed by atoms with Gasteiger partial charge in [-0.1, -0.05) is 39.3 Å². The van der Waals surface area contributed by atoms with Gasteiger partial charge in [-0.05, 0) is 48.7 Å². The fraction of sp³-hybridized carbons (Fsp3) is 0.250. The van der Waals surface area contributed by atoms with Gasteiger partial charge in [-0.25, -0.2) is 4.68 Å². The van der Waals surface area contributed by atoms with Gasteiger partial charge < -0.3 is 5.32 Å². The third kappa shape index (κ3) is 3.11. The van der Waals surface area contributed by atoms with E-state index in [0.29, 0.717) is 6.42 Å². The Hall–Kier alpha value is -2.65. The number of aryl methyl sites for hydroxylation is 2. The summed E-state index contributed by atoms with van der Waals surface area (Å²) in [7, 11) is 0. The SMILES string of the molecule is Cc1nnn2c1-c1ccc(Br)cc1C(Nc1ccc(CC#N)cc1)CC2. The van der Waals surface area contributed by atoms with Gasteiger partial charge in [-0.3, -0.25) is 0 Å². The van der Waals surface area contributed by atoms with Crippen LogP contribution in [-0.2, 0) is 13.0 Å². The molecule has 6 heteroatoms. The molecule has 0 fully saturated rings. The van der Waals surface area contributed by atoms with Gasteiger partial charge in [0.2, 0.25) is 0 Å². The maximum Gasteiger partial charge on any atom is 0.0918 e. The second-order valence-corrected chi connectivity index (χ2v) is 7.41. The number of nitriles is 1. The highest BCUT2D eigenvalue weighted by atomic mass is 79.9. The van der Waals surface area contributed by atoms with Crippen molar-refractivity contribution in [1.29, 1.82) is 5.26 Å². The van der Waals surface area contributed by atoms with Crippen molar-refractivity contribution in [2.24, 2.45) is 0 Å². The average molecular weight is 408 g/mol. The smallest absolute Gasteiger partial charge is 0.0918 e. The number of halogens is 1. The minimum atomic E-state index is 0.172. The minimum Gasteiger partial charge on any atom is -0.378 e. The highest BCUT2D eigenvalue weighted by molar-refractivity contribution is 9.10. The third-order valence-electron chi connectivity index (χ3n) is 4.76. The summed E-state index contributed by atoms with van der Waals surface area (Å²) < 4.78 is 3.06. The van der Waals surface area contributed by atoms with Crippen molar-refractivity contribution in [1.82, 2.24) is 15.0 Å². The van der Waals surface area contributed by atoms with Crippen LogP contribution in [0.4, 0.5) is 5.69 Å². The number of fused-ring (bicyclic) bond motifs is 3. The molecule has 1 unspecified atom stereocenters. The average Bonchev–Trinajstić information content (AvgIpc) is 2.93. The molecule has 1 aliphatic heterocycles. The summed E-state index contributed by atoms with van der Waals surface area (Å²) in [6.07, 6.45) is 1.35. The third-order valence-corrected chi connectivity index (χ3v) is 5.25. The maximum atomic E-state index is 8.82. The second kappa shape index (κ2) is 6.93. The molecule has 1 atom stereocenters. The van der Waals surface area contributed by atoms with Gasteiger partial charge >= 0.3 is 0 Å². The van der Waals surface area contributed by atoms with E-state index in [9.17, 15) is 0 Å². The quantitative estimate of drug-likeness (QED) is 0.686. The van der Waals surface area contributed by atoms with E-state index < -0.39 is 0 Å². The van der Waals surface area contributed by atoms with Crippen molar-refractivity contribution in [3.8, 4) is 17.3 Å². The predicted octanol–water partition coefficient (Wildman–Crippen LogP) is 4.64. The number of anilines is 1. The van der Waals surface area contributed by atoms with Crippen LogP contribution in [0.5, 0.6) is 0 Å². The van der Waals surface area contributed by atoms with E-state index in [1.807, 2.05) is 35.9 Å². The van der Waals surface area contributed by atoms with Gasteiger partial charge in [0.05, 0.1) is 29.9 Å². The molecular weight excluding hydrogens is 390 g/mol. The minimum absolute atomic E-state index is 0.172. The molecule has 0 radical (unpaired) electrons. The molecule has 130 valence electrons. The summed E-state index contributed by atoms with van der Waals surface area (Å²) in [5.74, 6) is 0. The molecule has 26 heavy (non-hydrogen) atoms. The molecule has 5 nitrogen and oxygen atoms in total. The summed E-state index contributed by atoms with van der Waals surface area (Å²) in [4.78, 5) is 0. The first-order valence-corrected chi connectivity index (χ1v) is 9.37. The Morgan fingerprint density at radius 1 is 1.27 bits per heavy atom. The molecule has 0 spiro atoms. The number of nitrogens with one attached hydrogen (secondary N) is 1. The first kappa shape index (κ1) is 16.8. The molecular formula is C20H18BrN5. The molecule has 1 N–H and O–H groups in total. The highest BCUT2D eigenvalue weighted by Gasteiger charge is 2.25. The zero-order valence-corrected chi connectivity index (χ0v) is 16.0. The monoisotopic (exact) mass is 407 g/mol. The lowest BCUT2D eigenvalue weighted by atomic mass is 9.96. The second-order valence-electron chi connectivity index (χ2n) is 6.50. The van der Waals surface area contributed by atoms with Crippen molar-refractivity contribution in [2.75, 3.05) is 5.32 Å². The Morgan fingerprint density at radius 3 is 2.85 bits per heavy atom. The topological polar surface area (TPSA) is 66.5 Å². The Balaban J connectivity index is 1.70. The van der Waals surface area contributed by atoms with Crippen LogP contribution in [0.15, 0.2) is 46.9 Å². The zero-order valence-electron chi connectivity index (χ0n) is 14.4. The number of benzene rings is 2. The van der Waals surface area contributed by atoms with E-state index in [4.69, 9.17) is 5.26 Å². The first-order valence-electron chi connectivity index (χ1n) is 8.58. The zero-order chi connectivity index (χ0) is 18.1. The fourth-order valence-electron chi connectivity index (χ4n) is 3.50. The number of hydrogen-bond donors (Lipinski definition) is 1. The Bertz CT molecular complexity index is 984.